The van der Waals surface area contributed by atoms with Crippen LogP contribution >= 0.6 is 0 Å². The third-order valence-corrected chi connectivity index (χ3v) is 4.43. The lowest BCUT2D eigenvalue weighted by Gasteiger charge is -2.33. The summed E-state index contributed by atoms with van der Waals surface area (Å²) in [4.78, 5) is 23.8. The molecule has 2 heterocycles. The average Bonchev–Trinajstić information content (AvgIpc) is 3.15. The molecule has 0 saturated carbocycles. The average molecular weight is 383 g/mol. The Morgan fingerprint density at radius 1 is 1.26 bits per heavy atom. The van der Waals surface area contributed by atoms with E-state index in [-0.39, 0.29) is 17.6 Å². The Morgan fingerprint density at radius 3 is 2.52 bits per heavy atom. The van der Waals surface area contributed by atoms with Crippen molar-refractivity contribution in [2.45, 2.75) is 25.1 Å². The maximum absolute atomic E-state index is 13.2. The highest BCUT2D eigenvalue weighted by molar-refractivity contribution is 5.93. The van der Waals surface area contributed by atoms with E-state index in [9.17, 15) is 28.1 Å². The molecule has 27 heavy (non-hydrogen) atoms. The van der Waals surface area contributed by atoms with Gasteiger partial charge < -0.3 is 14.6 Å². The summed E-state index contributed by atoms with van der Waals surface area (Å²) in [6, 6.07) is 3.92. The number of hydrogen-bond donors (Lipinski definition) is 1. The molecule has 0 aliphatic carbocycles. The molecule has 144 valence electrons. The van der Waals surface area contributed by atoms with Crippen LogP contribution in [0.1, 0.15) is 28.8 Å². The number of nitro groups is 1. The zero-order valence-electron chi connectivity index (χ0n) is 14.0. The van der Waals surface area contributed by atoms with Gasteiger partial charge in [-0.25, -0.2) is 0 Å². The van der Waals surface area contributed by atoms with E-state index in [1.54, 1.807) is 11.0 Å². The first kappa shape index (κ1) is 18.7. The standard InChI is InChI=1S/C17H16F3N3O4/c18-17(19,20)14-9-13(23(25)26)1-2-15(14)21-12-3-6-22(7-4-12)16(24)11-5-8-27-10-11/h1-2,5,8-10,12,21H,3-4,6-7H2. The van der Waals surface area contributed by atoms with Gasteiger partial charge in [0.15, 0.2) is 0 Å². The van der Waals surface area contributed by atoms with Gasteiger partial charge in [-0.15, -0.1) is 0 Å². The van der Waals surface area contributed by atoms with Gasteiger partial charge in [0.1, 0.15) is 6.26 Å². The maximum atomic E-state index is 13.2. The second-order valence-corrected chi connectivity index (χ2v) is 6.21. The van der Waals surface area contributed by atoms with Crippen LogP contribution in [0.2, 0.25) is 0 Å². The number of nitro benzene ring substituents is 1. The van der Waals surface area contributed by atoms with E-state index in [1.165, 1.54) is 12.5 Å². The number of anilines is 1. The summed E-state index contributed by atoms with van der Waals surface area (Å²) in [5, 5.41) is 13.6. The van der Waals surface area contributed by atoms with Crippen LogP contribution in [-0.2, 0) is 6.18 Å². The molecule has 0 spiro atoms. The summed E-state index contributed by atoms with van der Waals surface area (Å²) in [6.45, 7) is 0.770. The Labute approximate surface area is 151 Å². The van der Waals surface area contributed by atoms with E-state index in [4.69, 9.17) is 4.42 Å². The van der Waals surface area contributed by atoms with Crippen molar-refractivity contribution in [1.82, 2.24) is 4.90 Å². The Morgan fingerprint density at radius 2 is 1.96 bits per heavy atom. The Kier molecular flexibility index (Phi) is 5.06. The molecule has 7 nitrogen and oxygen atoms in total. The summed E-state index contributed by atoms with van der Waals surface area (Å²) in [7, 11) is 0. The summed E-state index contributed by atoms with van der Waals surface area (Å²) in [6.07, 6.45) is -1.06. The van der Waals surface area contributed by atoms with Crippen molar-refractivity contribution in [3.8, 4) is 0 Å². The van der Waals surface area contributed by atoms with Crippen molar-refractivity contribution in [3.63, 3.8) is 0 Å². The van der Waals surface area contributed by atoms with Gasteiger partial charge in [-0.1, -0.05) is 0 Å². The van der Waals surface area contributed by atoms with Crippen molar-refractivity contribution in [1.29, 1.82) is 0 Å². The van der Waals surface area contributed by atoms with E-state index in [0.29, 0.717) is 37.6 Å². The Balaban J connectivity index is 1.68. The van der Waals surface area contributed by atoms with Crippen LogP contribution in [0.4, 0.5) is 24.5 Å². The summed E-state index contributed by atoms with van der Waals surface area (Å²) in [5.74, 6) is -0.187. The number of alkyl halides is 3. The number of benzene rings is 1. The molecular formula is C17H16F3N3O4. The van der Waals surface area contributed by atoms with Crippen molar-refractivity contribution < 1.29 is 27.3 Å². The number of piperidine rings is 1. The van der Waals surface area contributed by atoms with Gasteiger partial charge in [-0.3, -0.25) is 14.9 Å². The second-order valence-electron chi connectivity index (χ2n) is 6.21. The van der Waals surface area contributed by atoms with Gasteiger partial charge >= 0.3 is 6.18 Å². The maximum Gasteiger partial charge on any atom is 0.418 e. The normalized spacial score (nSPS) is 15.6. The first-order chi connectivity index (χ1) is 12.8. The lowest BCUT2D eigenvalue weighted by Crippen LogP contribution is -2.42. The number of halogens is 3. The number of nitrogens with one attached hydrogen (secondary N) is 1. The number of likely N-dealkylation sites (tertiary alicyclic amines) is 1. The number of carbonyl (C=O) groups is 1. The molecule has 1 amide bonds. The smallest absolute Gasteiger partial charge is 0.418 e. The number of amides is 1. The van der Waals surface area contributed by atoms with Gasteiger partial charge in [-0.2, -0.15) is 13.2 Å². The lowest BCUT2D eigenvalue weighted by molar-refractivity contribution is -0.385. The highest BCUT2D eigenvalue weighted by Gasteiger charge is 2.36. The molecule has 1 fully saturated rings. The molecule has 2 aromatic rings. The third-order valence-electron chi connectivity index (χ3n) is 4.43. The minimum atomic E-state index is -4.72. The summed E-state index contributed by atoms with van der Waals surface area (Å²) >= 11 is 0. The molecule has 0 atom stereocenters. The van der Waals surface area contributed by atoms with Crippen molar-refractivity contribution in [3.05, 3.63) is 58.0 Å². The van der Waals surface area contributed by atoms with Crippen LogP contribution in [0.3, 0.4) is 0 Å². The van der Waals surface area contributed by atoms with Crippen molar-refractivity contribution in [2.24, 2.45) is 0 Å². The van der Waals surface area contributed by atoms with E-state index in [0.717, 1.165) is 12.1 Å². The molecule has 3 rings (SSSR count). The monoisotopic (exact) mass is 383 g/mol. The number of furan rings is 1. The van der Waals surface area contributed by atoms with Crippen LogP contribution < -0.4 is 5.32 Å². The zero-order chi connectivity index (χ0) is 19.6. The molecule has 1 N–H and O–H groups in total. The molecule has 0 unspecified atom stereocenters. The van der Waals surface area contributed by atoms with E-state index >= 15 is 0 Å². The largest absolute Gasteiger partial charge is 0.472 e. The highest BCUT2D eigenvalue weighted by Crippen LogP contribution is 2.37. The summed E-state index contributed by atoms with van der Waals surface area (Å²) in [5.41, 5.74) is -1.47. The van der Waals surface area contributed by atoms with Crippen molar-refractivity contribution in [2.75, 3.05) is 18.4 Å². The van der Waals surface area contributed by atoms with Gasteiger partial charge in [-0.05, 0) is 25.0 Å². The molecule has 10 heteroatoms. The molecule has 1 aromatic carbocycles. The minimum absolute atomic E-state index is 0.187. The quantitative estimate of drug-likeness (QED) is 0.639. The van der Waals surface area contributed by atoms with Crippen molar-refractivity contribution >= 4 is 17.3 Å². The van der Waals surface area contributed by atoms with E-state index in [1.807, 2.05) is 0 Å². The number of hydrogen-bond acceptors (Lipinski definition) is 5. The van der Waals surface area contributed by atoms with E-state index < -0.39 is 22.4 Å². The van der Waals surface area contributed by atoms with Gasteiger partial charge in [0.25, 0.3) is 11.6 Å². The number of rotatable bonds is 4. The highest BCUT2D eigenvalue weighted by atomic mass is 19.4. The zero-order valence-corrected chi connectivity index (χ0v) is 14.0. The number of carbonyl (C=O) groups excluding carboxylic acids is 1. The topological polar surface area (TPSA) is 88.6 Å². The first-order valence-electron chi connectivity index (χ1n) is 8.19. The Hall–Kier alpha value is -3.04. The number of nitrogens with zero attached hydrogens (tertiary/aromatic N) is 2. The second kappa shape index (κ2) is 7.29. The van der Waals surface area contributed by atoms with Crippen LogP contribution in [-0.4, -0.2) is 34.9 Å². The van der Waals surface area contributed by atoms with E-state index in [2.05, 4.69) is 5.32 Å². The predicted molar refractivity (Wildman–Crippen MR) is 89.4 cm³/mol. The predicted octanol–water partition coefficient (Wildman–Crippen LogP) is 3.92. The molecule has 1 saturated heterocycles. The SMILES string of the molecule is O=C(c1ccoc1)N1CCC(Nc2ccc([N+](=O)[O-])cc2C(F)(F)F)CC1. The third kappa shape index (κ3) is 4.21. The first-order valence-corrected chi connectivity index (χ1v) is 8.19. The molecule has 1 aromatic heterocycles. The summed E-state index contributed by atoms with van der Waals surface area (Å²) < 4.78 is 44.6. The fraction of sp³-hybridized carbons (Fsp3) is 0.353. The Bertz CT molecular complexity index is 828. The number of non-ortho nitro benzene ring substituents is 1. The van der Waals surface area contributed by atoms with Gasteiger partial charge in [0.2, 0.25) is 0 Å². The van der Waals surface area contributed by atoms with Crippen LogP contribution in [0.5, 0.6) is 0 Å². The molecule has 0 radical (unpaired) electrons. The molecule has 1 aliphatic heterocycles. The molecular weight excluding hydrogens is 367 g/mol. The molecule has 0 bridgehead atoms. The van der Waals surface area contributed by atoms with Gasteiger partial charge in [0.05, 0.1) is 22.3 Å². The fourth-order valence-corrected chi connectivity index (χ4v) is 3.02. The van der Waals surface area contributed by atoms with Crippen LogP contribution in [0.15, 0.2) is 41.2 Å². The molecule has 1 aliphatic rings. The fourth-order valence-electron chi connectivity index (χ4n) is 3.02. The van der Waals surface area contributed by atoms with Gasteiger partial charge in [0, 0.05) is 37.0 Å². The van der Waals surface area contributed by atoms with Crippen LogP contribution in [0, 0.1) is 10.1 Å². The van der Waals surface area contributed by atoms with Crippen LogP contribution in [0.25, 0.3) is 0 Å². The minimum Gasteiger partial charge on any atom is -0.472 e. The lowest BCUT2D eigenvalue weighted by atomic mass is 10.0.